The third-order valence-electron chi connectivity index (χ3n) is 4.21. The van der Waals surface area contributed by atoms with Crippen LogP contribution >= 0.6 is 0 Å². The van der Waals surface area contributed by atoms with Crippen LogP contribution in [0.3, 0.4) is 0 Å². The Morgan fingerprint density at radius 2 is 2.20 bits per heavy atom. The number of hydrogen-bond acceptors (Lipinski definition) is 3. The summed E-state index contributed by atoms with van der Waals surface area (Å²) in [6.45, 7) is 8.27. The van der Waals surface area contributed by atoms with E-state index in [0.717, 1.165) is 38.2 Å². The van der Waals surface area contributed by atoms with E-state index in [1.165, 1.54) is 11.1 Å². The van der Waals surface area contributed by atoms with Crippen molar-refractivity contribution >= 4 is 0 Å². The highest BCUT2D eigenvalue weighted by Crippen LogP contribution is 2.35. The minimum Gasteiger partial charge on any atom is -0.487 e. The average molecular weight is 275 g/mol. The van der Waals surface area contributed by atoms with Crippen LogP contribution in [-0.2, 0) is 17.7 Å². The Hall–Kier alpha value is -1.06. The Balaban J connectivity index is 1.59. The molecule has 0 aliphatic carbocycles. The van der Waals surface area contributed by atoms with Gasteiger partial charge in [0, 0.05) is 25.6 Å². The normalized spacial score (nSPS) is 27.9. The molecule has 20 heavy (non-hydrogen) atoms. The van der Waals surface area contributed by atoms with E-state index in [9.17, 15) is 0 Å². The lowest BCUT2D eigenvalue weighted by atomic mass is 9.99. The Kier molecular flexibility index (Phi) is 3.74. The number of hydrogen-bond donors (Lipinski definition) is 1. The first-order valence-corrected chi connectivity index (χ1v) is 7.68. The van der Waals surface area contributed by atoms with Gasteiger partial charge in [0.25, 0.3) is 0 Å². The van der Waals surface area contributed by atoms with Gasteiger partial charge in [-0.3, -0.25) is 0 Å². The Bertz CT molecular complexity index is 484. The van der Waals surface area contributed by atoms with Crippen molar-refractivity contribution in [3.8, 4) is 5.75 Å². The molecule has 0 spiro atoms. The molecule has 0 saturated carbocycles. The fourth-order valence-electron chi connectivity index (χ4n) is 3.22. The maximum absolute atomic E-state index is 5.92. The van der Waals surface area contributed by atoms with Crippen LogP contribution in [-0.4, -0.2) is 24.4 Å². The van der Waals surface area contributed by atoms with Gasteiger partial charge < -0.3 is 14.8 Å². The van der Waals surface area contributed by atoms with E-state index in [4.69, 9.17) is 9.47 Å². The maximum Gasteiger partial charge on any atom is 0.123 e. The van der Waals surface area contributed by atoms with Crippen molar-refractivity contribution < 1.29 is 9.47 Å². The summed E-state index contributed by atoms with van der Waals surface area (Å²) in [6.07, 6.45) is 3.62. The summed E-state index contributed by atoms with van der Waals surface area (Å²) in [7, 11) is 0. The summed E-state index contributed by atoms with van der Waals surface area (Å²) in [5, 5.41) is 3.66. The summed E-state index contributed by atoms with van der Waals surface area (Å²) in [5.41, 5.74) is 2.64. The number of nitrogens with one attached hydrogen (secondary N) is 1. The Morgan fingerprint density at radius 3 is 3.00 bits per heavy atom. The van der Waals surface area contributed by atoms with Crippen LogP contribution in [0.2, 0.25) is 0 Å². The molecule has 2 heterocycles. The van der Waals surface area contributed by atoms with Crippen LogP contribution in [0.25, 0.3) is 0 Å². The van der Waals surface area contributed by atoms with E-state index in [0.29, 0.717) is 12.1 Å². The molecular weight excluding hydrogens is 250 g/mol. The zero-order chi connectivity index (χ0) is 14.2. The molecule has 3 rings (SSSR count). The Morgan fingerprint density at radius 1 is 1.35 bits per heavy atom. The van der Waals surface area contributed by atoms with E-state index in [-0.39, 0.29) is 5.60 Å². The van der Waals surface area contributed by atoms with Gasteiger partial charge >= 0.3 is 0 Å². The molecule has 1 aromatic rings. The van der Waals surface area contributed by atoms with Gasteiger partial charge in [0.1, 0.15) is 11.4 Å². The van der Waals surface area contributed by atoms with Crippen LogP contribution in [0.5, 0.6) is 5.75 Å². The zero-order valence-electron chi connectivity index (χ0n) is 12.7. The van der Waals surface area contributed by atoms with Crippen LogP contribution < -0.4 is 10.1 Å². The van der Waals surface area contributed by atoms with Crippen molar-refractivity contribution in [3.05, 3.63) is 29.3 Å². The minimum atomic E-state index is -0.0511. The van der Waals surface area contributed by atoms with Crippen molar-refractivity contribution in [2.45, 2.75) is 64.3 Å². The summed E-state index contributed by atoms with van der Waals surface area (Å²) >= 11 is 0. The molecule has 2 atom stereocenters. The highest BCUT2D eigenvalue weighted by molar-refractivity contribution is 5.41. The SMILES string of the molecule is CC1CC(NCc2ccc3c(c2)CC(C)(C)O3)CCO1. The quantitative estimate of drug-likeness (QED) is 0.919. The monoisotopic (exact) mass is 275 g/mol. The van der Waals surface area contributed by atoms with Gasteiger partial charge in [0.2, 0.25) is 0 Å². The lowest BCUT2D eigenvalue weighted by Crippen LogP contribution is -2.37. The standard InChI is InChI=1S/C17H25NO2/c1-12-8-15(6-7-19-12)18-11-13-4-5-16-14(9-13)10-17(2,3)20-16/h4-5,9,12,15,18H,6-8,10-11H2,1-3H3. The molecule has 3 heteroatoms. The molecule has 110 valence electrons. The molecule has 2 aliphatic rings. The fourth-order valence-corrected chi connectivity index (χ4v) is 3.22. The Labute approximate surface area is 121 Å². The van der Waals surface area contributed by atoms with Crippen molar-refractivity contribution in [1.82, 2.24) is 5.32 Å². The van der Waals surface area contributed by atoms with Crippen molar-refractivity contribution in [2.75, 3.05) is 6.61 Å². The summed E-state index contributed by atoms with van der Waals surface area (Å²) < 4.78 is 11.5. The van der Waals surface area contributed by atoms with E-state index in [2.05, 4.69) is 44.3 Å². The number of benzene rings is 1. The van der Waals surface area contributed by atoms with E-state index >= 15 is 0 Å². The van der Waals surface area contributed by atoms with Crippen molar-refractivity contribution in [2.24, 2.45) is 0 Å². The summed E-state index contributed by atoms with van der Waals surface area (Å²) in [6, 6.07) is 7.17. The minimum absolute atomic E-state index is 0.0511. The third kappa shape index (κ3) is 3.15. The molecule has 0 aromatic heterocycles. The number of rotatable bonds is 3. The van der Waals surface area contributed by atoms with Gasteiger partial charge in [0.05, 0.1) is 6.10 Å². The predicted octanol–water partition coefficient (Wildman–Crippen LogP) is 3.06. The van der Waals surface area contributed by atoms with Gasteiger partial charge in [-0.25, -0.2) is 0 Å². The fraction of sp³-hybridized carbons (Fsp3) is 0.647. The van der Waals surface area contributed by atoms with Gasteiger partial charge in [-0.2, -0.15) is 0 Å². The van der Waals surface area contributed by atoms with Gasteiger partial charge in [-0.05, 0) is 50.8 Å². The highest BCUT2D eigenvalue weighted by Gasteiger charge is 2.29. The van der Waals surface area contributed by atoms with Crippen molar-refractivity contribution in [3.63, 3.8) is 0 Å². The smallest absolute Gasteiger partial charge is 0.123 e. The first-order chi connectivity index (χ1) is 9.52. The van der Waals surface area contributed by atoms with E-state index in [1.54, 1.807) is 0 Å². The van der Waals surface area contributed by atoms with Crippen molar-refractivity contribution in [1.29, 1.82) is 0 Å². The summed E-state index contributed by atoms with van der Waals surface area (Å²) in [4.78, 5) is 0. The van der Waals surface area contributed by atoms with Gasteiger partial charge in [-0.15, -0.1) is 0 Å². The topological polar surface area (TPSA) is 30.5 Å². The van der Waals surface area contributed by atoms with Crippen LogP contribution in [0.15, 0.2) is 18.2 Å². The third-order valence-corrected chi connectivity index (χ3v) is 4.21. The molecule has 2 aliphatic heterocycles. The molecule has 3 nitrogen and oxygen atoms in total. The predicted molar refractivity (Wildman–Crippen MR) is 80.1 cm³/mol. The number of fused-ring (bicyclic) bond motifs is 1. The van der Waals surface area contributed by atoms with Gasteiger partial charge in [0.15, 0.2) is 0 Å². The second kappa shape index (κ2) is 5.38. The maximum atomic E-state index is 5.92. The molecule has 1 N–H and O–H groups in total. The lowest BCUT2D eigenvalue weighted by molar-refractivity contribution is 0.0130. The number of ether oxygens (including phenoxy) is 2. The average Bonchev–Trinajstić information content (AvgIpc) is 2.69. The zero-order valence-corrected chi connectivity index (χ0v) is 12.7. The largest absolute Gasteiger partial charge is 0.487 e. The van der Waals surface area contributed by atoms with E-state index in [1.807, 2.05) is 0 Å². The molecule has 2 unspecified atom stereocenters. The van der Waals surface area contributed by atoms with Gasteiger partial charge in [-0.1, -0.05) is 12.1 Å². The van der Waals surface area contributed by atoms with E-state index < -0.39 is 0 Å². The molecule has 1 fully saturated rings. The second-order valence-electron chi connectivity index (χ2n) is 6.76. The van der Waals surface area contributed by atoms with Crippen LogP contribution in [0.1, 0.15) is 44.7 Å². The molecule has 1 aromatic carbocycles. The highest BCUT2D eigenvalue weighted by atomic mass is 16.5. The molecular formula is C17H25NO2. The molecule has 0 radical (unpaired) electrons. The van der Waals surface area contributed by atoms with Crippen LogP contribution in [0, 0.1) is 0 Å². The second-order valence-corrected chi connectivity index (χ2v) is 6.76. The molecule has 0 amide bonds. The molecule has 0 bridgehead atoms. The first kappa shape index (κ1) is 13.9. The molecule has 1 saturated heterocycles. The first-order valence-electron chi connectivity index (χ1n) is 7.68. The summed E-state index contributed by atoms with van der Waals surface area (Å²) in [5.74, 6) is 1.05. The lowest BCUT2D eigenvalue weighted by Gasteiger charge is -2.28. The van der Waals surface area contributed by atoms with Crippen LogP contribution in [0.4, 0.5) is 0 Å².